The zero-order chi connectivity index (χ0) is 18.1. The van der Waals surface area contributed by atoms with E-state index in [1.54, 1.807) is 45.8 Å². The molecule has 0 aliphatic carbocycles. The zero-order valence-electron chi connectivity index (χ0n) is 13.9. The van der Waals surface area contributed by atoms with Crippen LogP contribution >= 0.6 is 11.3 Å². The molecule has 0 saturated heterocycles. The molecule has 0 spiro atoms. The Bertz CT molecular complexity index is 1050. The van der Waals surface area contributed by atoms with Gasteiger partial charge >= 0.3 is 0 Å². The normalized spacial score (nSPS) is 11.2. The number of aryl methyl sites for hydroxylation is 1. The van der Waals surface area contributed by atoms with Crippen molar-refractivity contribution in [3.8, 4) is 0 Å². The molecule has 7 nitrogen and oxygen atoms in total. The van der Waals surface area contributed by atoms with Crippen molar-refractivity contribution in [1.82, 2.24) is 24.5 Å². The van der Waals surface area contributed by atoms with E-state index in [0.717, 1.165) is 0 Å². The van der Waals surface area contributed by atoms with Crippen molar-refractivity contribution >= 4 is 32.6 Å². The van der Waals surface area contributed by atoms with Crippen LogP contribution in [0.5, 0.6) is 0 Å². The predicted molar refractivity (Wildman–Crippen MR) is 96.7 cm³/mol. The molecule has 0 unspecified atom stereocenters. The smallest absolute Gasteiger partial charge is 0.280 e. The fourth-order valence-corrected chi connectivity index (χ4v) is 3.60. The molecule has 26 heavy (non-hydrogen) atoms. The molecular weight excluding hydrogens is 355 g/mol. The summed E-state index contributed by atoms with van der Waals surface area (Å²) < 4.78 is 17.5. The van der Waals surface area contributed by atoms with Crippen LogP contribution in [-0.2, 0) is 13.6 Å². The molecular formula is C17H15FN6OS. The average molecular weight is 370 g/mol. The van der Waals surface area contributed by atoms with E-state index in [1.807, 2.05) is 12.3 Å². The average Bonchev–Trinajstić information content (AvgIpc) is 3.35. The van der Waals surface area contributed by atoms with Gasteiger partial charge in [-0.15, -0.1) is 0 Å². The minimum atomic E-state index is -0.327. The minimum Gasteiger partial charge on any atom is -0.281 e. The third-order valence-electron chi connectivity index (χ3n) is 3.86. The zero-order valence-corrected chi connectivity index (χ0v) is 14.7. The first-order valence-corrected chi connectivity index (χ1v) is 8.77. The van der Waals surface area contributed by atoms with Crippen molar-refractivity contribution in [2.45, 2.75) is 6.54 Å². The lowest BCUT2D eigenvalue weighted by Gasteiger charge is -2.18. The first-order chi connectivity index (χ1) is 12.6. The first kappa shape index (κ1) is 16.4. The Hall–Kier alpha value is -3.07. The van der Waals surface area contributed by atoms with Crippen LogP contribution in [0.1, 0.15) is 10.5 Å². The highest BCUT2D eigenvalue weighted by molar-refractivity contribution is 7.22. The second kappa shape index (κ2) is 6.68. The summed E-state index contributed by atoms with van der Waals surface area (Å²) in [5, 5.41) is 8.86. The Kier molecular flexibility index (Phi) is 4.21. The number of carbonyl (C=O) groups excluding carboxylic acids is 1. The lowest BCUT2D eigenvalue weighted by atomic mass is 10.3. The molecule has 3 aromatic heterocycles. The quantitative estimate of drug-likeness (QED) is 0.542. The molecule has 132 valence electrons. The van der Waals surface area contributed by atoms with E-state index in [2.05, 4.69) is 15.2 Å². The number of nitrogens with zero attached hydrogens (tertiary/aromatic N) is 6. The van der Waals surface area contributed by atoms with Gasteiger partial charge in [-0.2, -0.15) is 10.2 Å². The van der Waals surface area contributed by atoms with Gasteiger partial charge in [0.25, 0.3) is 5.91 Å². The van der Waals surface area contributed by atoms with Crippen molar-refractivity contribution in [1.29, 1.82) is 0 Å². The van der Waals surface area contributed by atoms with Gasteiger partial charge in [0, 0.05) is 32.2 Å². The Morgan fingerprint density at radius 2 is 2.19 bits per heavy atom. The second-order valence-corrected chi connectivity index (χ2v) is 6.72. The summed E-state index contributed by atoms with van der Waals surface area (Å²) in [6, 6.07) is 7.89. The molecule has 0 atom stereocenters. The maximum Gasteiger partial charge on any atom is 0.280 e. The number of halogens is 1. The Balaban J connectivity index is 1.69. The third kappa shape index (κ3) is 3.21. The van der Waals surface area contributed by atoms with Gasteiger partial charge in [-0.3, -0.25) is 19.1 Å². The van der Waals surface area contributed by atoms with Gasteiger partial charge in [0.2, 0.25) is 0 Å². The van der Waals surface area contributed by atoms with Crippen LogP contribution in [0.15, 0.2) is 48.9 Å². The van der Waals surface area contributed by atoms with Gasteiger partial charge in [-0.05, 0) is 30.3 Å². The second-order valence-electron chi connectivity index (χ2n) is 5.71. The minimum absolute atomic E-state index is 0.253. The number of hydrogen-bond acceptors (Lipinski definition) is 5. The van der Waals surface area contributed by atoms with E-state index < -0.39 is 0 Å². The SMILES string of the molecule is Cn1ccc(C(=O)N(CCn2cccn2)c2nc3ccc(F)cc3s2)n1. The fraction of sp³-hybridized carbons (Fsp3) is 0.176. The molecule has 0 aliphatic rings. The van der Waals surface area contributed by atoms with Gasteiger partial charge in [-0.1, -0.05) is 11.3 Å². The van der Waals surface area contributed by atoms with Crippen LogP contribution in [-0.4, -0.2) is 37.0 Å². The van der Waals surface area contributed by atoms with Crippen molar-refractivity contribution in [2.75, 3.05) is 11.4 Å². The highest BCUT2D eigenvalue weighted by Gasteiger charge is 2.23. The summed E-state index contributed by atoms with van der Waals surface area (Å²) in [7, 11) is 1.76. The van der Waals surface area contributed by atoms with Crippen molar-refractivity contribution < 1.29 is 9.18 Å². The van der Waals surface area contributed by atoms with E-state index in [-0.39, 0.29) is 11.7 Å². The van der Waals surface area contributed by atoms with E-state index in [9.17, 15) is 9.18 Å². The summed E-state index contributed by atoms with van der Waals surface area (Å²) in [6.45, 7) is 0.884. The van der Waals surface area contributed by atoms with E-state index in [1.165, 1.54) is 23.5 Å². The summed E-state index contributed by atoms with van der Waals surface area (Å²) in [6.07, 6.45) is 5.23. The number of carbonyl (C=O) groups is 1. The van der Waals surface area contributed by atoms with Gasteiger partial charge in [0.15, 0.2) is 10.8 Å². The van der Waals surface area contributed by atoms with Crippen molar-refractivity contribution in [2.24, 2.45) is 7.05 Å². The number of rotatable bonds is 5. The number of benzene rings is 1. The molecule has 0 N–H and O–H groups in total. The summed E-state index contributed by atoms with van der Waals surface area (Å²) in [5.74, 6) is -0.580. The molecule has 0 aliphatic heterocycles. The fourth-order valence-electron chi connectivity index (χ4n) is 2.59. The summed E-state index contributed by atoms with van der Waals surface area (Å²) in [4.78, 5) is 19.0. The first-order valence-electron chi connectivity index (χ1n) is 7.95. The van der Waals surface area contributed by atoms with Crippen LogP contribution in [0.25, 0.3) is 10.2 Å². The van der Waals surface area contributed by atoms with Crippen LogP contribution in [0.4, 0.5) is 9.52 Å². The number of fused-ring (bicyclic) bond motifs is 1. The summed E-state index contributed by atoms with van der Waals surface area (Å²) >= 11 is 1.28. The molecule has 1 aromatic carbocycles. The van der Waals surface area contributed by atoms with Gasteiger partial charge in [0.05, 0.1) is 16.8 Å². The van der Waals surface area contributed by atoms with Crippen LogP contribution < -0.4 is 4.90 Å². The maximum absolute atomic E-state index is 13.5. The molecule has 4 aromatic rings. The van der Waals surface area contributed by atoms with Gasteiger partial charge in [0.1, 0.15) is 5.82 Å². The Labute approximate surface area is 152 Å². The molecule has 0 bridgehead atoms. The standard InChI is InChI=1S/C17H15FN6OS/c1-22-8-5-14(21-22)16(25)24(10-9-23-7-2-6-19-23)17-20-13-4-3-12(18)11-15(13)26-17/h2-8,11H,9-10H2,1H3. The van der Waals surface area contributed by atoms with Gasteiger partial charge < -0.3 is 0 Å². The third-order valence-corrected chi connectivity index (χ3v) is 4.90. The monoisotopic (exact) mass is 370 g/mol. The van der Waals surface area contributed by atoms with Gasteiger partial charge in [-0.25, -0.2) is 9.37 Å². The maximum atomic E-state index is 13.5. The molecule has 0 radical (unpaired) electrons. The number of hydrogen-bond donors (Lipinski definition) is 0. The predicted octanol–water partition coefficient (Wildman–Crippen LogP) is 2.71. The van der Waals surface area contributed by atoms with E-state index in [4.69, 9.17) is 0 Å². The highest BCUT2D eigenvalue weighted by Crippen LogP contribution is 2.30. The molecule has 1 amide bonds. The lowest BCUT2D eigenvalue weighted by Crippen LogP contribution is -2.34. The number of aromatic nitrogens is 5. The Morgan fingerprint density at radius 3 is 2.92 bits per heavy atom. The van der Waals surface area contributed by atoms with Crippen LogP contribution in [0, 0.1) is 5.82 Å². The summed E-state index contributed by atoms with van der Waals surface area (Å²) in [5.41, 5.74) is 0.989. The van der Waals surface area contributed by atoms with Crippen LogP contribution in [0.3, 0.4) is 0 Å². The van der Waals surface area contributed by atoms with E-state index in [0.29, 0.717) is 34.1 Å². The Morgan fingerprint density at radius 1 is 1.31 bits per heavy atom. The molecule has 0 fully saturated rings. The molecule has 3 heterocycles. The number of anilines is 1. The van der Waals surface area contributed by atoms with E-state index >= 15 is 0 Å². The van der Waals surface area contributed by atoms with Crippen molar-refractivity contribution in [3.05, 3.63) is 60.4 Å². The van der Waals surface area contributed by atoms with Crippen molar-refractivity contribution in [3.63, 3.8) is 0 Å². The number of thiazole rings is 1. The molecule has 9 heteroatoms. The topological polar surface area (TPSA) is 68.8 Å². The lowest BCUT2D eigenvalue weighted by molar-refractivity contribution is 0.0980. The number of amides is 1. The molecule has 4 rings (SSSR count). The van der Waals surface area contributed by atoms with Crippen LogP contribution in [0.2, 0.25) is 0 Å². The molecule has 0 saturated carbocycles. The largest absolute Gasteiger partial charge is 0.281 e. The highest BCUT2D eigenvalue weighted by atomic mass is 32.1.